The lowest BCUT2D eigenvalue weighted by Gasteiger charge is -1.98. The molecule has 0 aliphatic carbocycles. The number of hydrogen-bond donors (Lipinski definition) is 1. The highest BCUT2D eigenvalue weighted by Crippen LogP contribution is 2.24. The Morgan fingerprint density at radius 3 is 2.93 bits per heavy atom. The van der Waals surface area contributed by atoms with E-state index in [0.717, 1.165) is 5.56 Å². The smallest absolute Gasteiger partial charge is 0.330 e. The summed E-state index contributed by atoms with van der Waals surface area (Å²) in [4.78, 5) is 11.0. The van der Waals surface area contributed by atoms with Crippen LogP contribution in [0.3, 0.4) is 0 Å². The maximum atomic E-state index is 11.0. The van der Waals surface area contributed by atoms with Crippen LogP contribution in [0.25, 0.3) is 6.08 Å². The van der Waals surface area contributed by atoms with Gasteiger partial charge >= 0.3 is 5.97 Å². The number of hydrogen-bond acceptors (Lipinski definition) is 3. The van der Waals surface area contributed by atoms with Crippen LogP contribution in [0.15, 0.2) is 28.7 Å². The number of carbonyl (C=O) groups excluding carboxylic acids is 1. The van der Waals surface area contributed by atoms with E-state index in [4.69, 9.17) is 4.74 Å². The summed E-state index contributed by atoms with van der Waals surface area (Å²) < 4.78 is 5.32. The minimum Gasteiger partial charge on any atom is -0.507 e. The van der Waals surface area contributed by atoms with Gasteiger partial charge in [0.2, 0.25) is 0 Å². The molecule has 1 aromatic carbocycles. The summed E-state index contributed by atoms with van der Waals surface area (Å²) in [6, 6.07) is 4.97. The first-order valence-corrected chi connectivity index (χ1v) is 5.26. The first-order valence-electron chi connectivity index (χ1n) is 4.47. The number of rotatable bonds is 3. The normalized spacial score (nSPS) is 10.5. The van der Waals surface area contributed by atoms with Crippen LogP contribution in [0.5, 0.6) is 5.75 Å². The molecule has 15 heavy (non-hydrogen) atoms. The zero-order valence-corrected chi connectivity index (χ0v) is 9.82. The van der Waals surface area contributed by atoms with Gasteiger partial charge in [-0.2, -0.15) is 0 Å². The zero-order chi connectivity index (χ0) is 11.3. The van der Waals surface area contributed by atoms with Crippen molar-refractivity contribution in [2.24, 2.45) is 0 Å². The Morgan fingerprint density at radius 2 is 2.33 bits per heavy atom. The number of halogens is 1. The maximum Gasteiger partial charge on any atom is 0.330 e. The Hall–Kier alpha value is -1.29. The molecule has 0 amide bonds. The van der Waals surface area contributed by atoms with Crippen molar-refractivity contribution in [3.8, 4) is 5.75 Å². The number of esters is 1. The maximum absolute atomic E-state index is 11.0. The molecule has 0 unspecified atom stereocenters. The molecule has 0 aromatic heterocycles. The van der Waals surface area contributed by atoms with Crippen LogP contribution in [0, 0.1) is 0 Å². The van der Waals surface area contributed by atoms with Gasteiger partial charge in [-0.1, -0.05) is 6.07 Å². The highest BCUT2D eigenvalue weighted by atomic mass is 79.9. The zero-order valence-electron chi connectivity index (χ0n) is 8.24. The van der Waals surface area contributed by atoms with Crippen LogP contribution in [-0.2, 0) is 9.53 Å². The van der Waals surface area contributed by atoms with E-state index in [-0.39, 0.29) is 11.7 Å². The SMILES string of the molecule is CCOC(=O)C=Cc1ccc(O)c(Br)c1. The first kappa shape index (κ1) is 11.8. The van der Waals surface area contributed by atoms with Crippen LogP contribution in [0.4, 0.5) is 0 Å². The molecular formula is C11H11BrO3. The third-order valence-electron chi connectivity index (χ3n) is 1.67. The molecule has 0 aliphatic rings. The highest BCUT2D eigenvalue weighted by Gasteiger charge is 1.98. The molecule has 1 aromatic rings. The molecule has 0 saturated heterocycles. The van der Waals surface area contributed by atoms with Crippen molar-refractivity contribution >= 4 is 28.0 Å². The first-order chi connectivity index (χ1) is 7.13. The second-order valence-corrected chi connectivity index (χ2v) is 3.65. The third-order valence-corrected chi connectivity index (χ3v) is 2.31. The molecule has 0 heterocycles. The van der Waals surface area contributed by atoms with Gasteiger partial charge in [-0.3, -0.25) is 0 Å². The van der Waals surface area contributed by atoms with Crippen molar-refractivity contribution in [2.45, 2.75) is 6.92 Å². The van der Waals surface area contributed by atoms with Gasteiger partial charge in [0.25, 0.3) is 0 Å². The van der Waals surface area contributed by atoms with Gasteiger partial charge in [0.05, 0.1) is 11.1 Å². The minimum atomic E-state index is -0.373. The molecule has 3 nitrogen and oxygen atoms in total. The Morgan fingerprint density at radius 1 is 1.60 bits per heavy atom. The van der Waals surface area contributed by atoms with Gasteiger partial charge in [-0.05, 0) is 46.6 Å². The number of ether oxygens (including phenoxy) is 1. The average molecular weight is 271 g/mol. The molecule has 0 radical (unpaired) electrons. The Balaban J connectivity index is 2.72. The monoisotopic (exact) mass is 270 g/mol. The van der Waals surface area contributed by atoms with Crippen molar-refractivity contribution in [1.82, 2.24) is 0 Å². The van der Waals surface area contributed by atoms with Crippen LogP contribution in [-0.4, -0.2) is 17.7 Å². The van der Waals surface area contributed by atoms with E-state index in [1.54, 1.807) is 31.2 Å². The van der Waals surface area contributed by atoms with Gasteiger partial charge in [0.15, 0.2) is 0 Å². The van der Waals surface area contributed by atoms with E-state index in [1.807, 2.05) is 0 Å². The standard InChI is InChI=1S/C11H11BrO3/c1-2-15-11(14)6-4-8-3-5-10(13)9(12)7-8/h3-7,13H,2H2,1H3. The van der Waals surface area contributed by atoms with E-state index in [9.17, 15) is 9.90 Å². The van der Waals surface area contributed by atoms with Crippen molar-refractivity contribution in [3.05, 3.63) is 34.3 Å². The van der Waals surface area contributed by atoms with Crippen LogP contribution < -0.4 is 0 Å². The molecule has 1 rings (SSSR count). The number of aromatic hydroxyl groups is 1. The molecule has 0 fully saturated rings. The summed E-state index contributed by atoms with van der Waals surface area (Å²) in [5.74, 6) is -0.204. The fourth-order valence-electron chi connectivity index (χ4n) is 0.981. The predicted octanol–water partition coefficient (Wildman–Crippen LogP) is 2.73. The van der Waals surface area contributed by atoms with E-state index < -0.39 is 0 Å². The van der Waals surface area contributed by atoms with E-state index >= 15 is 0 Å². The molecule has 0 spiro atoms. The second kappa shape index (κ2) is 5.56. The predicted molar refractivity (Wildman–Crippen MR) is 61.5 cm³/mol. The van der Waals surface area contributed by atoms with Crippen molar-refractivity contribution < 1.29 is 14.6 Å². The lowest BCUT2D eigenvalue weighted by Crippen LogP contribution is -1.98. The molecule has 0 aliphatic heterocycles. The van der Waals surface area contributed by atoms with Crippen molar-refractivity contribution in [1.29, 1.82) is 0 Å². The average Bonchev–Trinajstić information content (AvgIpc) is 2.20. The van der Waals surface area contributed by atoms with Gasteiger partial charge in [0, 0.05) is 6.08 Å². The lowest BCUT2D eigenvalue weighted by atomic mass is 10.2. The molecule has 0 atom stereocenters. The molecular weight excluding hydrogens is 260 g/mol. The number of phenols is 1. The fourth-order valence-corrected chi connectivity index (χ4v) is 1.38. The topological polar surface area (TPSA) is 46.5 Å². The van der Waals surface area contributed by atoms with E-state index in [0.29, 0.717) is 11.1 Å². The van der Waals surface area contributed by atoms with Crippen molar-refractivity contribution in [2.75, 3.05) is 6.61 Å². The summed E-state index contributed by atoms with van der Waals surface area (Å²) in [6.45, 7) is 2.12. The summed E-state index contributed by atoms with van der Waals surface area (Å²) in [5.41, 5.74) is 0.813. The third kappa shape index (κ3) is 3.75. The van der Waals surface area contributed by atoms with Gasteiger partial charge in [-0.15, -0.1) is 0 Å². The second-order valence-electron chi connectivity index (χ2n) is 2.80. The van der Waals surface area contributed by atoms with Crippen LogP contribution in [0.1, 0.15) is 12.5 Å². The fraction of sp³-hybridized carbons (Fsp3) is 0.182. The lowest BCUT2D eigenvalue weighted by molar-refractivity contribution is -0.137. The number of carbonyl (C=O) groups is 1. The Kier molecular flexibility index (Phi) is 4.37. The minimum absolute atomic E-state index is 0.170. The highest BCUT2D eigenvalue weighted by molar-refractivity contribution is 9.10. The molecule has 1 N–H and O–H groups in total. The number of phenolic OH excluding ortho intramolecular Hbond substituents is 1. The largest absolute Gasteiger partial charge is 0.507 e. The van der Waals surface area contributed by atoms with E-state index in [1.165, 1.54) is 6.08 Å². The summed E-state index contributed by atoms with van der Waals surface area (Å²) >= 11 is 3.18. The molecule has 80 valence electrons. The van der Waals surface area contributed by atoms with Gasteiger partial charge in [-0.25, -0.2) is 4.79 Å². The molecule has 0 saturated carbocycles. The summed E-state index contributed by atoms with van der Waals surface area (Å²) in [7, 11) is 0. The molecule has 0 bridgehead atoms. The Bertz CT molecular complexity index is 385. The summed E-state index contributed by atoms with van der Waals surface area (Å²) in [6.07, 6.45) is 2.98. The van der Waals surface area contributed by atoms with Gasteiger partial charge < -0.3 is 9.84 Å². The van der Waals surface area contributed by atoms with Crippen molar-refractivity contribution in [3.63, 3.8) is 0 Å². The van der Waals surface area contributed by atoms with E-state index in [2.05, 4.69) is 15.9 Å². The Labute approximate surface area is 96.5 Å². The molecule has 4 heteroatoms. The van der Waals surface area contributed by atoms with Crippen LogP contribution in [0.2, 0.25) is 0 Å². The quantitative estimate of drug-likeness (QED) is 0.679. The summed E-state index contributed by atoms with van der Waals surface area (Å²) in [5, 5.41) is 9.24. The van der Waals surface area contributed by atoms with Gasteiger partial charge in [0.1, 0.15) is 5.75 Å². The van der Waals surface area contributed by atoms with Crippen LogP contribution >= 0.6 is 15.9 Å². The number of benzene rings is 1.